The molecule has 7 heteroatoms. The van der Waals surface area contributed by atoms with E-state index in [1.54, 1.807) is 36.4 Å². The molecule has 0 aliphatic carbocycles. The van der Waals surface area contributed by atoms with Gasteiger partial charge in [-0.15, -0.1) is 0 Å². The van der Waals surface area contributed by atoms with Crippen molar-refractivity contribution in [2.75, 3.05) is 11.9 Å². The summed E-state index contributed by atoms with van der Waals surface area (Å²) in [6.45, 7) is 3.21. The van der Waals surface area contributed by atoms with E-state index in [-0.39, 0.29) is 11.3 Å². The van der Waals surface area contributed by atoms with Gasteiger partial charge in [-0.1, -0.05) is 48.5 Å². The number of hydrogen-bond acceptors (Lipinski definition) is 6. The molecule has 0 atom stereocenters. The van der Waals surface area contributed by atoms with Gasteiger partial charge in [-0.25, -0.2) is 0 Å². The number of hydrogen-bond donors (Lipinski definition) is 2. The van der Waals surface area contributed by atoms with Crippen LogP contribution in [0.25, 0.3) is 6.08 Å². The number of aromatic hydroxyl groups is 1. The average Bonchev–Trinajstić information content (AvgIpc) is 2.96. The quantitative estimate of drug-likeness (QED) is 0.133. The molecule has 1 amide bonds. The number of phenols is 1. The average molecular weight is 521 g/mol. The Hall–Kier alpha value is -5.22. The third-order valence-electron chi connectivity index (χ3n) is 5.63. The Labute approximate surface area is 227 Å². The van der Waals surface area contributed by atoms with Crippen molar-refractivity contribution in [2.45, 2.75) is 20.1 Å². The second kappa shape index (κ2) is 13.4. The van der Waals surface area contributed by atoms with E-state index in [4.69, 9.17) is 14.2 Å². The fourth-order valence-corrected chi connectivity index (χ4v) is 3.65. The largest absolute Gasteiger partial charge is 0.508 e. The summed E-state index contributed by atoms with van der Waals surface area (Å²) >= 11 is 0. The van der Waals surface area contributed by atoms with Crippen molar-refractivity contribution in [3.63, 3.8) is 0 Å². The molecule has 0 aromatic heterocycles. The zero-order chi connectivity index (χ0) is 27.5. The van der Waals surface area contributed by atoms with Crippen LogP contribution in [0.2, 0.25) is 0 Å². The summed E-state index contributed by atoms with van der Waals surface area (Å²) in [4.78, 5) is 12.5. The zero-order valence-electron chi connectivity index (χ0n) is 21.5. The molecule has 7 nitrogen and oxygen atoms in total. The Morgan fingerprint density at radius 3 is 2.26 bits per heavy atom. The fourth-order valence-electron chi connectivity index (χ4n) is 3.65. The molecule has 0 heterocycles. The summed E-state index contributed by atoms with van der Waals surface area (Å²) in [5.41, 5.74) is 3.11. The molecule has 4 aromatic carbocycles. The van der Waals surface area contributed by atoms with Crippen molar-refractivity contribution in [1.29, 1.82) is 5.26 Å². The lowest BCUT2D eigenvalue weighted by atomic mass is 10.1. The molecule has 0 aliphatic heterocycles. The third-order valence-corrected chi connectivity index (χ3v) is 5.63. The molecule has 0 bridgehead atoms. The first kappa shape index (κ1) is 26.8. The second-order valence-corrected chi connectivity index (χ2v) is 8.52. The Morgan fingerprint density at radius 1 is 0.846 bits per heavy atom. The number of phenolic OH excluding ortho intramolecular Hbond substituents is 1. The first-order chi connectivity index (χ1) is 19.0. The minimum Gasteiger partial charge on any atom is -0.508 e. The SMILES string of the molecule is CCOc1cc(COc2ccc(/C=C(\C#N)C(=O)Nc3ccc(O)cc3)cc2)ccc1OCc1ccccc1. The summed E-state index contributed by atoms with van der Waals surface area (Å²) in [7, 11) is 0. The van der Waals surface area contributed by atoms with Crippen molar-refractivity contribution in [3.8, 4) is 29.1 Å². The molecular formula is C32H28N2O5. The summed E-state index contributed by atoms with van der Waals surface area (Å²) < 4.78 is 17.7. The standard InChI is InChI=1S/C32H28N2O5/c1-2-37-31-19-25(10-17-30(31)39-21-24-6-4-3-5-7-24)22-38-29-15-8-23(9-16-29)18-26(20-33)32(36)34-27-11-13-28(35)14-12-27/h3-19,35H,2,21-22H2,1H3,(H,34,36)/b26-18+. The molecule has 0 saturated heterocycles. The van der Waals surface area contributed by atoms with Crippen LogP contribution in [-0.2, 0) is 18.0 Å². The number of amides is 1. The van der Waals surface area contributed by atoms with Crippen molar-refractivity contribution in [3.05, 3.63) is 119 Å². The lowest BCUT2D eigenvalue weighted by molar-refractivity contribution is -0.112. The van der Waals surface area contributed by atoms with E-state index in [2.05, 4.69) is 5.32 Å². The molecule has 39 heavy (non-hydrogen) atoms. The van der Waals surface area contributed by atoms with Gasteiger partial charge >= 0.3 is 0 Å². The number of ether oxygens (including phenoxy) is 3. The topological polar surface area (TPSA) is 101 Å². The predicted molar refractivity (Wildman–Crippen MR) is 149 cm³/mol. The van der Waals surface area contributed by atoms with Gasteiger partial charge in [0.2, 0.25) is 0 Å². The van der Waals surface area contributed by atoms with Crippen molar-refractivity contribution >= 4 is 17.7 Å². The lowest BCUT2D eigenvalue weighted by Crippen LogP contribution is -2.13. The van der Waals surface area contributed by atoms with Crippen LogP contribution in [-0.4, -0.2) is 17.6 Å². The first-order valence-corrected chi connectivity index (χ1v) is 12.4. The highest BCUT2D eigenvalue weighted by Gasteiger charge is 2.11. The summed E-state index contributed by atoms with van der Waals surface area (Å²) in [6, 6.07) is 30.7. The molecule has 0 spiro atoms. The van der Waals surface area contributed by atoms with E-state index >= 15 is 0 Å². The molecule has 0 aliphatic rings. The van der Waals surface area contributed by atoms with Crippen LogP contribution in [0.4, 0.5) is 5.69 Å². The number of rotatable bonds is 11. The van der Waals surface area contributed by atoms with Crippen molar-refractivity contribution in [1.82, 2.24) is 0 Å². The molecule has 0 fully saturated rings. The van der Waals surface area contributed by atoms with Gasteiger partial charge in [-0.2, -0.15) is 5.26 Å². The van der Waals surface area contributed by atoms with E-state index in [0.29, 0.717) is 48.3 Å². The van der Waals surface area contributed by atoms with Crippen LogP contribution in [0, 0.1) is 11.3 Å². The Balaban J connectivity index is 1.36. The third kappa shape index (κ3) is 7.88. The number of nitrogens with zero attached hydrogens (tertiary/aromatic N) is 1. The fraction of sp³-hybridized carbons (Fsp3) is 0.125. The zero-order valence-corrected chi connectivity index (χ0v) is 21.5. The molecule has 0 saturated carbocycles. The second-order valence-electron chi connectivity index (χ2n) is 8.52. The van der Waals surface area contributed by atoms with Crippen molar-refractivity contribution in [2.24, 2.45) is 0 Å². The number of benzene rings is 4. The maximum atomic E-state index is 12.5. The minimum absolute atomic E-state index is 0.0465. The summed E-state index contributed by atoms with van der Waals surface area (Å²) in [5.74, 6) is 1.52. The molecular weight excluding hydrogens is 492 g/mol. The molecule has 0 unspecified atom stereocenters. The maximum absolute atomic E-state index is 12.5. The van der Waals surface area contributed by atoms with E-state index < -0.39 is 5.91 Å². The highest BCUT2D eigenvalue weighted by molar-refractivity contribution is 6.09. The van der Waals surface area contributed by atoms with Crippen LogP contribution in [0.3, 0.4) is 0 Å². The van der Waals surface area contributed by atoms with Gasteiger partial charge in [0, 0.05) is 5.69 Å². The van der Waals surface area contributed by atoms with Crippen LogP contribution in [0.1, 0.15) is 23.6 Å². The molecule has 0 radical (unpaired) electrons. The number of carbonyl (C=O) groups excluding carboxylic acids is 1. The van der Waals surface area contributed by atoms with Gasteiger partial charge in [0.15, 0.2) is 11.5 Å². The molecule has 4 rings (SSSR count). The summed E-state index contributed by atoms with van der Waals surface area (Å²) in [5, 5.41) is 21.5. The molecule has 2 N–H and O–H groups in total. The van der Waals surface area contributed by atoms with Crippen LogP contribution >= 0.6 is 0 Å². The lowest BCUT2D eigenvalue weighted by Gasteiger charge is -2.14. The van der Waals surface area contributed by atoms with Crippen molar-refractivity contribution < 1.29 is 24.1 Å². The van der Waals surface area contributed by atoms with Gasteiger partial charge in [0.05, 0.1) is 6.61 Å². The predicted octanol–water partition coefficient (Wildman–Crippen LogP) is 6.49. The van der Waals surface area contributed by atoms with Crippen LogP contribution in [0.5, 0.6) is 23.0 Å². The first-order valence-electron chi connectivity index (χ1n) is 12.4. The smallest absolute Gasteiger partial charge is 0.266 e. The van der Waals surface area contributed by atoms with Gasteiger partial charge in [0.25, 0.3) is 5.91 Å². The van der Waals surface area contributed by atoms with E-state index in [0.717, 1.165) is 11.1 Å². The molecule has 196 valence electrons. The van der Waals surface area contributed by atoms with Crippen LogP contribution < -0.4 is 19.5 Å². The number of nitriles is 1. The monoisotopic (exact) mass is 520 g/mol. The van der Waals surface area contributed by atoms with E-state index in [1.165, 1.54) is 18.2 Å². The van der Waals surface area contributed by atoms with Gasteiger partial charge in [-0.05, 0) is 78.2 Å². The maximum Gasteiger partial charge on any atom is 0.266 e. The van der Waals surface area contributed by atoms with E-state index in [1.807, 2.05) is 61.5 Å². The Kier molecular flexibility index (Phi) is 9.19. The number of carbonyl (C=O) groups is 1. The highest BCUT2D eigenvalue weighted by atomic mass is 16.5. The molecule has 4 aromatic rings. The minimum atomic E-state index is -0.537. The number of anilines is 1. The highest BCUT2D eigenvalue weighted by Crippen LogP contribution is 2.30. The normalized spacial score (nSPS) is 10.8. The van der Waals surface area contributed by atoms with Gasteiger partial charge in [-0.3, -0.25) is 4.79 Å². The van der Waals surface area contributed by atoms with E-state index in [9.17, 15) is 15.2 Å². The Morgan fingerprint density at radius 2 is 1.56 bits per heavy atom. The Bertz CT molecular complexity index is 1460. The van der Waals surface area contributed by atoms with Gasteiger partial charge < -0.3 is 24.6 Å². The van der Waals surface area contributed by atoms with Gasteiger partial charge in [0.1, 0.15) is 36.4 Å². The number of nitrogens with one attached hydrogen (secondary N) is 1. The van der Waals surface area contributed by atoms with Crippen LogP contribution in [0.15, 0.2) is 103 Å². The summed E-state index contributed by atoms with van der Waals surface area (Å²) in [6.07, 6.45) is 1.50.